The number of nitrogens with one attached hydrogen (secondary N) is 1. The van der Waals surface area contributed by atoms with Gasteiger partial charge >= 0.3 is 5.97 Å². The van der Waals surface area contributed by atoms with Gasteiger partial charge in [0.15, 0.2) is 5.76 Å². The lowest BCUT2D eigenvalue weighted by Gasteiger charge is -2.05. The van der Waals surface area contributed by atoms with Gasteiger partial charge in [-0.2, -0.15) is 0 Å². The SMILES string of the molecule is CCc1oc(C(=O)Nc2cccc(COC)c2)cc1C(=O)O. The van der Waals surface area contributed by atoms with Crippen LogP contribution in [0.4, 0.5) is 5.69 Å². The second-order valence-electron chi connectivity index (χ2n) is 4.69. The van der Waals surface area contributed by atoms with Crippen LogP contribution in [-0.4, -0.2) is 24.1 Å². The van der Waals surface area contributed by atoms with Crippen LogP contribution in [0, 0.1) is 0 Å². The molecule has 116 valence electrons. The Kier molecular flexibility index (Phi) is 4.95. The number of amides is 1. The van der Waals surface area contributed by atoms with Crippen molar-refractivity contribution in [2.45, 2.75) is 20.0 Å². The van der Waals surface area contributed by atoms with Crippen molar-refractivity contribution in [3.8, 4) is 0 Å². The Hall–Kier alpha value is -2.60. The highest BCUT2D eigenvalue weighted by Gasteiger charge is 2.20. The molecule has 6 nitrogen and oxygen atoms in total. The van der Waals surface area contributed by atoms with E-state index in [9.17, 15) is 9.59 Å². The lowest BCUT2D eigenvalue weighted by atomic mass is 10.2. The molecule has 1 aromatic heterocycles. The number of anilines is 1. The molecule has 0 aliphatic carbocycles. The molecule has 0 saturated carbocycles. The smallest absolute Gasteiger partial charge is 0.339 e. The molecule has 0 bridgehead atoms. The molecule has 0 radical (unpaired) electrons. The van der Waals surface area contributed by atoms with Gasteiger partial charge in [-0.15, -0.1) is 0 Å². The van der Waals surface area contributed by atoms with Crippen LogP contribution in [0.1, 0.15) is 39.2 Å². The zero-order chi connectivity index (χ0) is 16.1. The molecule has 0 atom stereocenters. The van der Waals surface area contributed by atoms with Crippen LogP contribution in [-0.2, 0) is 17.8 Å². The highest BCUT2D eigenvalue weighted by atomic mass is 16.5. The second kappa shape index (κ2) is 6.91. The Labute approximate surface area is 127 Å². The highest BCUT2D eigenvalue weighted by Crippen LogP contribution is 2.19. The van der Waals surface area contributed by atoms with Crippen molar-refractivity contribution >= 4 is 17.6 Å². The number of hydrogen-bond acceptors (Lipinski definition) is 4. The molecule has 2 N–H and O–H groups in total. The van der Waals surface area contributed by atoms with Crippen molar-refractivity contribution in [1.82, 2.24) is 0 Å². The molecule has 1 aromatic carbocycles. The topological polar surface area (TPSA) is 88.8 Å². The fourth-order valence-corrected chi connectivity index (χ4v) is 2.08. The number of benzene rings is 1. The lowest BCUT2D eigenvalue weighted by molar-refractivity contribution is 0.0694. The first-order chi connectivity index (χ1) is 10.5. The van der Waals surface area contributed by atoms with Gasteiger partial charge in [-0.05, 0) is 17.7 Å². The molecule has 6 heteroatoms. The number of rotatable bonds is 6. The monoisotopic (exact) mass is 303 g/mol. The number of carbonyl (C=O) groups is 2. The number of carbonyl (C=O) groups excluding carboxylic acids is 1. The van der Waals surface area contributed by atoms with E-state index in [2.05, 4.69) is 5.32 Å². The number of hydrogen-bond donors (Lipinski definition) is 2. The number of aromatic carboxylic acids is 1. The lowest BCUT2D eigenvalue weighted by Crippen LogP contribution is -2.11. The van der Waals surface area contributed by atoms with Gasteiger partial charge in [0.25, 0.3) is 5.91 Å². The van der Waals surface area contributed by atoms with Gasteiger partial charge < -0.3 is 19.6 Å². The predicted molar refractivity (Wildman–Crippen MR) is 80.2 cm³/mol. The molecular weight excluding hydrogens is 286 g/mol. The molecule has 0 aliphatic heterocycles. The molecule has 0 unspecified atom stereocenters. The van der Waals surface area contributed by atoms with Crippen LogP contribution in [0.5, 0.6) is 0 Å². The molecule has 2 aromatic rings. The fourth-order valence-electron chi connectivity index (χ4n) is 2.08. The number of methoxy groups -OCH3 is 1. The molecule has 1 amide bonds. The molecule has 0 saturated heterocycles. The van der Waals surface area contributed by atoms with E-state index < -0.39 is 11.9 Å². The summed E-state index contributed by atoms with van der Waals surface area (Å²) in [7, 11) is 1.59. The second-order valence-corrected chi connectivity index (χ2v) is 4.69. The van der Waals surface area contributed by atoms with E-state index >= 15 is 0 Å². The summed E-state index contributed by atoms with van der Waals surface area (Å²) in [5.74, 6) is -1.34. The Morgan fingerprint density at radius 2 is 2.09 bits per heavy atom. The van der Waals surface area contributed by atoms with Crippen LogP contribution < -0.4 is 5.32 Å². The summed E-state index contributed by atoms with van der Waals surface area (Å²) < 4.78 is 10.4. The maximum absolute atomic E-state index is 12.2. The maximum atomic E-state index is 12.2. The van der Waals surface area contributed by atoms with Crippen molar-refractivity contribution in [3.63, 3.8) is 0 Å². The summed E-state index contributed by atoms with van der Waals surface area (Å²) in [6.07, 6.45) is 0.401. The van der Waals surface area contributed by atoms with E-state index in [1.54, 1.807) is 32.2 Å². The van der Waals surface area contributed by atoms with Gasteiger partial charge in [-0.3, -0.25) is 4.79 Å². The molecule has 0 spiro atoms. The predicted octanol–water partition coefficient (Wildman–Crippen LogP) is 2.94. The van der Waals surface area contributed by atoms with Gasteiger partial charge in [0, 0.05) is 25.3 Å². The molecule has 0 aliphatic rings. The van der Waals surface area contributed by atoms with Gasteiger partial charge in [0.2, 0.25) is 0 Å². The molecule has 22 heavy (non-hydrogen) atoms. The Morgan fingerprint density at radius 3 is 2.68 bits per heavy atom. The van der Waals surface area contributed by atoms with E-state index in [0.29, 0.717) is 18.7 Å². The summed E-state index contributed by atoms with van der Waals surface area (Å²) in [5, 5.41) is 11.8. The Balaban J connectivity index is 2.18. The molecule has 0 fully saturated rings. The van der Waals surface area contributed by atoms with Crippen LogP contribution in [0.15, 0.2) is 34.7 Å². The number of ether oxygens (including phenoxy) is 1. The minimum Gasteiger partial charge on any atom is -0.478 e. The third-order valence-electron chi connectivity index (χ3n) is 3.08. The van der Waals surface area contributed by atoms with Gasteiger partial charge in [0.05, 0.1) is 6.61 Å². The van der Waals surface area contributed by atoms with Crippen molar-refractivity contribution < 1.29 is 23.8 Å². The summed E-state index contributed by atoms with van der Waals surface area (Å²) in [4.78, 5) is 23.2. The average molecular weight is 303 g/mol. The summed E-state index contributed by atoms with van der Waals surface area (Å²) in [6, 6.07) is 8.44. The van der Waals surface area contributed by atoms with E-state index in [-0.39, 0.29) is 17.1 Å². The van der Waals surface area contributed by atoms with Crippen LogP contribution >= 0.6 is 0 Å². The highest BCUT2D eigenvalue weighted by molar-refractivity contribution is 6.04. The van der Waals surface area contributed by atoms with Crippen molar-refractivity contribution in [3.05, 3.63) is 53.0 Å². The quantitative estimate of drug-likeness (QED) is 0.856. The maximum Gasteiger partial charge on any atom is 0.339 e. The fraction of sp³-hybridized carbons (Fsp3) is 0.250. The largest absolute Gasteiger partial charge is 0.478 e. The van der Waals surface area contributed by atoms with Crippen LogP contribution in [0.3, 0.4) is 0 Å². The average Bonchev–Trinajstić information content (AvgIpc) is 2.92. The van der Waals surface area contributed by atoms with E-state index in [1.807, 2.05) is 6.07 Å². The number of carboxylic acids is 1. The molecule has 2 rings (SSSR count). The first kappa shape index (κ1) is 15.8. The third kappa shape index (κ3) is 3.53. The third-order valence-corrected chi connectivity index (χ3v) is 3.08. The molecular formula is C16H17NO5. The van der Waals surface area contributed by atoms with Crippen molar-refractivity contribution in [2.75, 3.05) is 12.4 Å². The summed E-state index contributed by atoms with van der Waals surface area (Å²) >= 11 is 0. The van der Waals surface area contributed by atoms with E-state index in [0.717, 1.165) is 5.56 Å². The minimum absolute atomic E-state index is 0.0146. The standard InChI is InChI=1S/C16H17NO5/c1-3-13-12(16(19)20)8-14(22-13)15(18)17-11-6-4-5-10(7-11)9-21-2/h4-8H,3,9H2,1-2H3,(H,17,18)(H,19,20). The number of aryl methyl sites for hydroxylation is 1. The van der Waals surface area contributed by atoms with Crippen LogP contribution in [0.2, 0.25) is 0 Å². The van der Waals surface area contributed by atoms with Gasteiger partial charge in [-0.25, -0.2) is 4.79 Å². The van der Waals surface area contributed by atoms with Crippen molar-refractivity contribution in [2.24, 2.45) is 0 Å². The molecule has 1 heterocycles. The van der Waals surface area contributed by atoms with Crippen LogP contribution in [0.25, 0.3) is 0 Å². The Morgan fingerprint density at radius 1 is 1.32 bits per heavy atom. The summed E-state index contributed by atoms with van der Waals surface area (Å²) in [5.41, 5.74) is 1.52. The van der Waals surface area contributed by atoms with Gasteiger partial charge in [-0.1, -0.05) is 19.1 Å². The zero-order valence-corrected chi connectivity index (χ0v) is 12.4. The minimum atomic E-state index is -1.11. The zero-order valence-electron chi connectivity index (χ0n) is 12.4. The van der Waals surface area contributed by atoms with Gasteiger partial charge in [0.1, 0.15) is 11.3 Å². The first-order valence-corrected chi connectivity index (χ1v) is 6.80. The normalized spacial score (nSPS) is 10.5. The number of carboxylic acid groups (broad SMARTS) is 1. The Bertz CT molecular complexity index is 690. The van der Waals surface area contributed by atoms with E-state index in [1.165, 1.54) is 6.07 Å². The van der Waals surface area contributed by atoms with E-state index in [4.69, 9.17) is 14.3 Å². The first-order valence-electron chi connectivity index (χ1n) is 6.80. The summed E-state index contributed by atoms with van der Waals surface area (Å²) in [6.45, 7) is 2.20. The van der Waals surface area contributed by atoms with Crippen molar-refractivity contribution in [1.29, 1.82) is 0 Å². The number of furan rings is 1.